The summed E-state index contributed by atoms with van der Waals surface area (Å²) in [6.45, 7) is 8.36. The minimum Gasteiger partial charge on any atom is -0.339 e. The quantitative estimate of drug-likeness (QED) is 0.785. The lowest BCUT2D eigenvalue weighted by Gasteiger charge is -2.43. The molecule has 3 aliphatic rings. The van der Waals surface area contributed by atoms with Gasteiger partial charge in [0, 0.05) is 57.1 Å². The third kappa shape index (κ3) is 4.14. The minimum absolute atomic E-state index is 0.298. The summed E-state index contributed by atoms with van der Waals surface area (Å²) in [6.07, 6.45) is 6.95. The van der Waals surface area contributed by atoms with E-state index in [0.717, 1.165) is 57.4 Å². The normalized spacial score (nSPS) is 20.6. The van der Waals surface area contributed by atoms with Crippen LogP contribution in [0.25, 0.3) is 11.3 Å². The van der Waals surface area contributed by atoms with Crippen molar-refractivity contribution in [3.05, 3.63) is 53.2 Å². The molecule has 0 unspecified atom stereocenters. The number of carbonyl (C=O) groups excluding carboxylic acids is 1. The zero-order chi connectivity index (χ0) is 20.5. The molecule has 1 saturated heterocycles. The number of amides is 1. The number of hydrogen-bond acceptors (Lipinski definition) is 4. The fourth-order valence-electron chi connectivity index (χ4n) is 4.98. The van der Waals surface area contributed by atoms with Crippen LogP contribution in [0, 0.1) is 6.92 Å². The zero-order valence-electron chi connectivity index (χ0n) is 18.0. The highest BCUT2D eigenvalue weighted by atomic mass is 16.2. The third-order valence-electron chi connectivity index (χ3n) is 7.13. The Bertz CT molecular complexity index is 915. The van der Waals surface area contributed by atoms with E-state index in [1.807, 2.05) is 12.3 Å². The first-order valence-corrected chi connectivity index (χ1v) is 11.4. The van der Waals surface area contributed by atoms with Gasteiger partial charge in [-0.3, -0.25) is 19.6 Å². The molecular weight excluding hydrogens is 372 g/mol. The molecular formula is C25H32N4O. The Balaban J connectivity index is 1.17. The number of aryl methyl sites for hydroxylation is 1. The fraction of sp³-hybridized carbons (Fsp3) is 0.520. The number of hydrogen-bond donors (Lipinski definition) is 0. The van der Waals surface area contributed by atoms with Crippen LogP contribution in [0.3, 0.4) is 0 Å². The van der Waals surface area contributed by atoms with Gasteiger partial charge < -0.3 is 4.90 Å². The average molecular weight is 405 g/mol. The Kier molecular flexibility index (Phi) is 5.57. The first kappa shape index (κ1) is 19.7. The highest BCUT2D eigenvalue weighted by molar-refractivity contribution is 5.78. The van der Waals surface area contributed by atoms with Crippen LogP contribution >= 0.6 is 0 Å². The summed E-state index contributed by atoms with van der Waals surface area (Å²) in [5.41, 5.74) is 6.20. The van der Waals surface area contributed by atoms with Crippen LogP contribution in [0.4, 0.5) is 0 Å². The van der Waals surface area contributed by atoms with Gasteiger partial charge in [0.25, 0.3) is 0 Å². The van der Waals surface area contributed by atoms with Crippen molar-refractivity contribution < 1.29 is 4.79 Å². The smallest absolute Gasteiger partial charge is 0.236 e. The van der Waals surface area contributed by atoms with Crippen LogP contribution in [0.5, 0.6) is 0 Å². The summed E-state index contributed by atoms with van der Waals surface area (Å²) in [6, 6.07) is 11.6. The summed E-state index contributed by atoms with van der Waals surface area (Å²) < 4.78 is 0. The van der Waals surface area contributed by atoms with Gasteiger partial charge in [0.1, 0.15) is 0 Å². The molecule has 2 aromatic rings. The molecule has 3 heterocycles. The van der Waals surface area contributed by atoms with Crippen LogP contribution in [0.1, 0.15) is 36.0 Å². The minimum atomic E-state index is 0.298. The highest BCUT2D eigenvalue weighted by Gasteiger charge is 2.30. The van der Waals surface area contributed by atoms with Crippen molar-refractivity contribution in [2.75, 3.05) is 39.3 Å². The molecule has 1 aliphatic carbocycles. The molecule has 30 heavy (non-hydrogen) atoms. The monoisotopic (exact) mass is 404 g/mol. The molecule has 5 heteroatoms. The first-order chi connectivity index (χ1) is 14.7. The molecule has 1 saturated carbocycles. The van der Waals surface area contributed by atoms with Gasteiger partial charge in [0.2, 0.25) is 5.91 Å². The van der Waals surface area contributed by atoms with Crippen molar-refractivity contribution in [1.29, 1.82) is 0 Å². The molecule has 0 spiro atoms. The van der Waals surface area contributed by atoms with Crippen LogP contribution < -0.4 is 0 Å². The van der Waals surface area contributed by atoms with E-state index in [1.165, 1.54) is 41.5 Å². The van der Waals surface area contributed by atoms with Crippen molar-refractivity contribution in [1.82, 2.24) is 19.7 Å². The molecule has 5 nitrogen and oxygen atoms in total. The van der Waals surface area contributed by atoms with Crippen LogP contribution in [0.15, 0.2) is 36.5 Å². The van der Waals surface area contributed by atoms with Gasteiger partial charge in [-0.15, -0.1) is 0 Å². The third-order valence-corrected chi connectivity index (χ3v) is 7.13. The largest absolute Gasteiger partial charge is 0.339 e. The van der Waals surface area contributed by atoms with Gasteiger partial charge >= 0.3 is 0 Å². The summed E-state index contributed by atoms with van der Waals surface area (Å²) in [5.74, 6) is 0.298. The van der Waals surface area contributed by atoms with E-state index >= 15 is 0 Å². The maximum atomic E-state index is 12.9. The average Bonchev–Trinajstić information content (AvgIpc) is 2.72. The maximum Gasteiger partial charge on any atom is 0.236 e. The van der Waals surface area contributed by atoms with Gasteiger partial charge in [-0.1, -0.05) is 18.6 Å². The van der Waals surface area contributed by atoms with E-state index in [-0.39, 0.29) is 0 Å². The van der Waals surface area contributed by atoms with E-state index < -0.39 is 0 Å². The Morgan fingerprint density at radius 2 is 1.87 bits per heavy atom. The summed E-state index contributed by atoms with van der Waals surface area (Å²) >= 11 is 0. The molecule has 2 aliphatic heterocycles. The molecule has 158 valence electrons. The standard InChI is InChI=1S/C25H32N4O/c1-19-7-9-26-24(15-19)21-5-6-22-17-27(10-8-20(22)16-21)18-25(30)29-13-11-28(12-14-29)23-3-2-4-23/h5-7,9,15-16,23H,2-4,8,10-14,17-18H2,1H3. The van der Waals surface area contributed by atoms with Gasteiger partial charge in [-0.25, -0.2) is 0 Å². The summed E-state index contributed by atoms with van der Waals surface area (Å²) in [7, 11) is 0. The van der Waals surface area contributed by atoms with E-state index in [4.69, 9.17) is 0 Å². The molecule has 0 radical (unpaired) electrons. The second-order valence-electron chi connectivity index (χ2n) is 9.16. The number of rotatable bonds is 4. The molecule has 0 atom stereocenters. The number of aromatic nitrogens is 1. The molecule has 2 fully saturated rings. The SMILES string of the molecule is Cc1ccnc(-c2ccc3c(c2)CCN(CC(=O)N2CCN(C4CCC4)CC2)C3)c1. The first-order valence-electron chi connectivity index (χ1n) is 11.4. The Labute approximate surface area is 179 Å². The Morgan fingerprint density at radius 3 is 2.60 bits per heavy atom. The molecule has 5 rings (SSSR count). The Hall–Kier alpha value is -2.24. The number of fused-ring (bicyclic) bond motifs is 1. The summed E-state index contributed by atoms with van der Waals surface area (Å²) in [5, 5.41) is 0. The molecule has 1 aromatic carbocycles. The van der Waals surface area contributed by atoms with E-state index in [1.54, 1.807) is 0 Å². The van der Waals surface area contributed by atoms with E-state index in [9.17, 15) is 4.79 Å². The predicted octanol–water partition coefficient (Wildman–Crippen LogP) is 3.11. The van der Waals surface area contributed by atoms with Gasteiger partial charge in [-0.2, -0.15) is 0 Å². The van der Waals surface area contributed by atoms with Crippen LogP contribution in [-0.2, 0) is 17.8 Å². The van der Waals surface area contributed by atoms with Crippen molar-refractivity contribution in [3.8, 4) is 11.3 Å². The van der Waals surface area contributed by atoms with Gasteiger partial charge in [0.05, 0.1) is 12.2 Å². The number of nitrogens with zero attached hydrogens (tertiary/aromatic N) is 4. The fourth-order valence-corrected chi connectivity index (χ4v) is 4.98. The molecule has 1 aromatic heterocycles. The highest BCUT2D eigenvalue weighted by Crippen LogP contribution is 2.27. The number of piperazine rings is 1. The lowest BCUT2D eigenvalue weighted by atomic mass is 9.91. The molecule has 1 amide bonds. The lowest BCUT2D eigenvalue weighted by Crippen LogP contribution is -2.55. The molecule has 0 N–H and O–H groups in total. The second-order valence-corrected chi connectivity index (χ2v) is 9.16. The summed E-state index contributed by atoms with van der Waals surface area (Å²) in [4.78, 5) is 24.4. The van der Waals surface area contributed by atoms with Gasteiger partial charge in [-0.05, 0) is 61.1 Å². The Morgan fingerprint density at radius 1 is 1.03 bits per heavy atom. The maximum absolute atomic E-state index is 12.9. The van der Waals surface area contributed by atoms with E-state index in [2.05, 4.69) is 50.9 Å². The number of benzene rings is 1. The zero-order valence-corrected chi connectivity index (χ0v) is 18.0. The van der Waals surface area contributed by atoms with E-state index in [0.29, 0.717) is 12.5 Å². The van der Waals surface area contributed by atoms with Crippen LogP contribution in [-0.4, -0.2) is 70.9 Å². The number of pyridine rings is 1. The molecule has 0 bridgehead atoms. The van der Waals surface area contributed by atoms with Crippen molar-refractivity contribution in [2.45, 2.75) is 45.2 Å². The van der Waals surface area contributed by atoms with Crippen molar-refractivity contribution in [2.24, 2.45) is 0 Å². The van der Waals surface area contributed by atoms with Crippen LogP contribution in [0.2, 0.25) is 0 Å². The lowest BCUT2D eigenvalue weighted by molar-refractivity contribution is -0.135. The second kappa shape index (κ2) is 8.48. The van der Waals surface area contributed by atoms with Crippen molar-refractivity contribution in [3.63, 3.8) is 0 Å². The number of carbonyl (C=O) groups is 1. The van der Waals surface area contributed by atoms with Gasteiger partial charge in [0.15, 0.2) is 0 Å². The predicted molar refractivity (Wildman–Crippen MR) is 119 cm³/mol. The topological polar surface area (TPSA) is 39.7 Å². The van der Waals surface area contributed by atoms with Crippen molar-refractivity contribution >= 4 is 5.91 Å².